The zero-order valence-electron chi connectivity index (χ0n) is 16.3. The summed E-state index contributed by atoms with van der Waals surface area (Å²) in [4.78, 5) is 14.7. The number of carbonyl (C=O) groups excluding carboxylic acids is 1. The molecule has 7 heteroatoms. The highest BCUT2D eigenvalue weighted by atomic mass is 32.2. The van der Waals surface area contributed by atoms with Gasteiger partial charge in [-0.3, -0.25) is 4.79 Å². The summed E-state index contributed by atoms with van der Waals surface area (Å²) in [6.07, 6.45) is 2.06. The molecule has 1 fully saturated rings. The third-order valence-corrected chi connectivity index (χ3v) is 6.91. The van der Waals surface area contributed by atoms with Crippen molar-refractivity contribution in [2.75, 3.05) is 40.3 Å². The molecule has 1 N–H and O–H groups in total. The average molecular weight is 382 g/mol. The van der Waals surface area contributed by atoms with Crippen LogP contribution in [0.15, 0.2) is 23.1 Å². The van der Waals surface area contributed by atoms with Crippen molar-refractivity contribution in [2.24, 2.45) is 5.92 Å². The topological polar surface area (TPSA) is 69.7 Å². The maximum Gasteiger partial charge on any atom is 0.243 e. The number of nitrogens with one attached hydrogen (secondary N) is 1. The van der Waals surface area contributed by atoms with E-state index in [2.05, 4.69) is 10.2 Å². The second-order valence-electron chi connectivity index (χ2n) is 7.40. The number of hydrogen-bond acceptors (Lipinski definition) is 4. The van der Waals surface area contributed by atoms with E-state index in [0.717, 1.165) is 24.1 Å². The zero-order valence-corrected chi connectivity index (χ0v) is 17.1. The Morgan fingerprint density at radius 2 is 1.88 bits per heavy atom. The Labute approximate surface area is 157 Å². The molecule has 1 heterocycles. The molecule has 0 radical (unpaired) electrons. The first kappa shape index (κ1) is 20.9. The minimum absolute atomic E-state index is 0.0484. The number of nitrogens with zero attached hydrogens (tertiary/aromatic N) is 2. The summed E-state index contributed by atoms with van der Waals surface area (Å²) in [5.74, 6) is -0.0489. The van der Waals surface area contributed by atoms with E-state index in [1.807, 2.05) is 40.1 Å². The van der Waals surface area contributed by atoms with Crippen molar-refractivity contribution in [3.63, 3.8) is 0 Å². The number of amides is 1. The molecule has 0 spiro atoms. The molecule has 1 aromatic carbocycles. The third-order valence-electron chi connectivity index (χ3n) is 4.85. The van der Waals surface area contributed by atoms with E-state index in [1.165, 1.54) is 4.31 Å². The van der Waals surface area contributed by atoms with Crippen molar-refractivity contribution >= 4 is 15.9 Å². The maximum absolute atomic E-state index is 12.9. The molecule has 0 atom stereocenters. The summed E-state index contributed by atoms with van der Waals surface area (Å²) >= 11 is 0. The average Bonchev–Trinajstić information content (AvgIpc) is 2.58. The number of rotatable bonds is 7. The number of aryl methyl sites for hydroxylation is 2. The SMILES string of the molecule is Cc1ccc(S(=O)(=O)N2CCC(C(=O)NCCCN(C)C)CC2)c(C)c1. The van der Waals surface area contributed by atoms with Gasteiger partial charge in [-0.15, -0.1) is 0 Å². The van der Waals surface area contributed by atoms with Crippen LogP contribution in [0.5, 0.6) is 0 Å². The summed E-state index contributed by atoms with van der Waals surface area (Å²) < 4.78 is 27.3. The van der Waals surface area contributed by atoms with Gasteiger partial charge in [-0.2, -0.15) is 4.31 Å². The number of hydrogen-bond donors (Lipinski definition) is 1. The van der Waals surface area contributed by atoms with Crippen LogP contribution < -0.4 is 5.32 Å². The van der Waals surface area contributed by atoms with Crippen molar-refractivity contribution in [2.45, 2.75) is 38.0 Å². The Bertz CT molecular complexity index is 724. The van der Waals surface area contributed by atoms with E-state index in [1.54, 1.807) is 6.07 Å². The van der Waals surface area contributed by atoms with Gasteiger partial charge in [0.2, 0.25) is 15.9 Å². The Morgan fingerprint density at radius 1 is 1.23 bits per heavy atom. The Balaban J connectivity index is 1.90. The molecule has 1 amide bonds. The van der Waals surface area contributed by atoms with Crippen LogP contribution in [0, 0.1) is 19.8 Å². The van der Waals surface area contributed by atoms with Crippen molar-refractivity contribution in [3.8, 4) is 0 Å². The van der Waals surface area contributed by atoms with E-state index >= 15 is 0 Å². The molecule has 1 aliphatic rings. The summed E-state index contributed by atoms with van der Waals surface area (Å²) in [6.45, 7) is 6.17. The van der Waals surface area contributed by atoms with Gasteiger partial charge >= 0.3 is 0 Å². The highest BCUT2D eigenvalue weighted by molar-refractivity contribution is 7.89. The van der Waals surface area contributed by atoms with Crippen LogP contribution in [0.3, 0.4) is 0 Å². The lowest BCUT2D eigenvalue weighted by atomic mass is 9.97. The molecule has 1 aliphatic heterocycles. The fourth-order valence-corrected chi connectivity index (χ4v) is 5.01. The summed E-state index contributed by atoms with van der Waals surface area (Å²) in [6, 6.07) is 5.40. The van der Waals surface area contributed by atoms with Gasteiger partial charge in [0.05, 0.1) is 4.90 Å². The van der Waals surface area contributed by atoms with Crippen LogP contribution in [0.25, 0.3) is 0 Å². The van der Waals surface area contributed by atoms with Crippen LogP contribution >= 0.6 is 0 Å². The molecule has 0 aliphatic carbocycles. The minimum Gasteiger partial charge on any atom is -0.356 e. The van der Waals surface area contributed by atoms with Crippen LogP contribution in [-0.2, 0) is 14.8 Å². The number of benzene rings is 1. The van der Waals surface area contributed by atoms with Crippen LogP contribution in [0.2, 0.25) is 0 Å². The molecule has 6 nitrogen and oxygen atoms in total. The second-order valence-corrected chi connectivity index (χ2v) is 9.30. The lowest BCUT2D eigenvalue weighted by Gasteiger charge is -2.31. The van der Waals surface area contributed by atoms with E-state index in [4.69, 9.17) is 0 Å². The van der Waals surface area contributed by atoms with Crippen molar-refractivity contribution < 1.29 is 13.2 Å². The number of sulfonamides is 1. The van der Waals surface area contributed by atoms with Crippen LogP contribution in [0.4, 0.5) is 0 Å². The highest BCUT2D eigenvalue weighted by Gasteiger charge is 2.32. The Morgan fingerprint density at radius 3 is 2.46 bits per heavy atom. The van der Waals surface area contributed by atoms with E-state index in [0.29, 0.717) is 37.4 Å². The van der Waals surface area contributed by atoms with Crippen molar-refractivity contribution in [3.05, 3.63) is 29.3 Å². The minimum atomic E-state index is -3.49. The molecule has 26 heavy (non-hydrogen) atoms. The van der Waals surface area contributed by atoms with Gasteiger partial charge in [-0.05, 0) is 65.4 Å². The van der Waals surface area contributed by atoms with Gasteiger partial charge in [-0.1, -0.05) is 17.7 Å². The first-order valence-electron chi connectivity index (χ1n) is 9.21. The van der Waals surface area contributed by atoms with Gasteiger partial charge in [0, 0.05) is 25.6 Å². The van der Waals surface area contributed by atoms with Gasteiger partial charge in [0.15, 0.2) is 0 Å². The third kappa shape index (κ3) is 5.28. The highest BCUT2D eigenvalue weighted by Crippen LogP contribution is 2.26. The quantitative estimate of drug-likeness (QED) is 0.731. The Kier molecular flexibility index (Phi) is 7.20. The Hall–Kier alpha value is -1.44. The van der Waals surface area contributed by atoms with Gasteiger partial charge in [0.1, 0.15) is 0 Å². The molecule has 0 aromatic heterocycles. The zero-order chi connectivity index (χ0) is 19.3. The first-order valence-corrected chi connectivity index (χ1v) is 10.7. The lowest BCUT2D eigenvalue weighted by molar-refractivity contribution is -0.126. The predicted octanol–water partition coefficient (Wildman–Crippen LogP) is 1.77. The molecule has 1 saturated heterocycles. The molecular weight excluding hydrogens is 350 g/mol. The first-order chi connectivity index (χ1) is 12.2. The van der Waals surface area contributed by atoms with Gasteiger partial charge in [0.25, 0.3) is 0 Å². The monoisotopic (exact) mass is 381 g/mol. The fraction of sp³-hybridized carbons (Fsp3) is 0.632. The van der Waals surface area contributed by atoms with Gasteiger partial charge in [-0.25, -0.2) is 8.42 Å². The summed E-state index contributed by atoms with van der Waals surface area (Å²) in [7, 11) is 0.522. The smallest absolute Gasteiger partial charge is 0.243 e. The molecule has 1 aromatic rings. The van der Waals surface area contributed by atoms with Crippen LogP contribution in [0.1, 0.15) is 30.4 Å². The van der Waals surface area contributed by atoms with Crippen molar-refractivity contribution in [1.29, 1.82) is 0 Å². The standard InChI is InChI=1S/C19H31N3O3S/c1-15-6-7-18(16(2)14-15)26(24,25)22-12-8-17(9-13-22)19(23)20-10-5-11-21(3)4/h6-7,14,17H,5,8-13H2,1-4H3,(H,20,23). The molecular formula is C19H31N3O3S. The van der Waals surface area contributed by atoms with E-state index in [-0.39, 0.29) is 11.8 Å². The van der Waals surface area contributed by atoms with E-state index < -0.39 is 10.0 Å². The molecule has 0 unspecified atom stereocenters. The normalized spacial score (nSPS) is 16.8. The maximum atomic E-state index is 12.9. The van der Waals surface area contributed by atoms with E-state index in [9.17, 15) is 13.2 Å². The van der Waals surface area contributed by atoms with Gasteiger partial charge < -0.3 is 10.2 Å². The largest absolute Gasteiger partial charge is 0.356 e. The van der Waals surface area contributed by atoms with Crippen LogP contribution in [-0.4, -0.2) is 63.8 Å². The molecule has 2 rings (SSSR count). The lowest BCUT2D eigenvalue weighted by Crippen LogP contribution is -2.43. The number of piperidine rings is 1. The second kappa shape index (κ2) is 8.97. The number of carbonyl (C=O) groups is 1. The molecule has 146 valence electrons. The summed E-state index contributed by atoms with van der Waals surface area (Å²) in [5, 5.41) is 2.97. The van der Waals surface area contributed by atoms with Crippen molar-refractivity contribution in [1.82, 2.24) is 14.5 Å². The fourth-order valence-electron chi connectivity index (χ4n) is 3.34. The molecule has 0 saturated carbocycles. The molecule has 0 bridgehead atoms. The predicted molar refractivity (Wildman–Crippen MR) is 104 cm³/mol. The summed E-state index contributed by atoms with van der Waals surface area (Å²) in [5.41, 5.74) is 1.82.